The van der Waals surface area contributed by atoms with E-state index in [1.807, 2.05) is 11.8 Å². The minimum Gasteiger partial charge on any atom is -0.324 e. The van der Waals surface area contributed by atoms with E-state index in [1.165, 1.54) is 22.6 Å². The van der Waals surface area contributed by atoms with Crippen LogP contribution in [0.1, 0.15) is 38.3 Å². The average molecular weight is 209 g/mol. The van der Waals surface area contributed by atoms with Gasteiger partial charge in [-0.05, 0) is 36.3 Å². The molecule has 2 N–H and O–H groups in total. The number of hydrogen-bond acceptors (Lipinski definition) is 2. The van der Waals surface area contributed by atoms with Crippen LogP contribution in [0.5, 0.6) is 0 Å². The Kier molecular flexibility index (Phi) is 5.05. The van der Waals surface area contributed by atoms with Gasteiger partial charge in [0.2, 0.25) is 0 Å². The smallest absolute Gasteiger partial charge is 0.0292 e. The summed E-state index contributed by atoms with van der Waals surface area (Å²) < 4.78 is 0. The van der Waals surface area contributed by atoms with E-state index in [2.05, 4.69) is 38.1 Å². The van der Waals surface area contributed by atoms with Gasteiger partial charge in [0.1, 0.15) is 0 Å². The van der Waals surface area contributed by atoms with Crippen molar-refractivity contribution in [3.05, 3.63) is 29.8 Å². The van der Waals surface area contributed by atoms with Crippen LogP contribution in [0.4, 0.5) is 0 Å². The molecule has 0 spiro atoms. The monoisotopic (exact) mass is 209 g/mol. The van der Waals surface area contributed by atoms with Crippen molar-refractivity contribution in [2.75, 3.05) is 5.75 Å². The molecule has 0 aliphatic rings. The van der Waals surface area contributed by atoms with Crippen LogP contribution in [0.3, 0.4) is 0 Å². The molecule has 1 aromatic carbocycles. The quantitative estimate of drug-likeness (QED) is 0.750. The normalized spacial score (nSPS) is 12.8. The van der Waals surface area contributed by atoms with E-state index >= 15 is 0 Å². The van der Waals surface area contributed by atoms with E-state index in [0.29, 0.717) is 0 Å². The molecule has 0 fully saturated rings. The Bertz CT molecular complexity index is 256. The van der Waals surface area contributed by atoms with Gasteiger partial charge in [-0.2, -0.15) is 0 Å². The third-order valence-electron chi connectivity index (χ3n) is 2.22. The Morgan fingerprint density at radius 3 is 2.36 bits per heavy atom. The standard InChI is InChI=1S/C12H19NS/c1-3-9-14-11-7-5-10(6-8-11)12(13)4-2/h5-8,12H,3-4,9,13H2,1-2H3/t12-/m0/s1. The van der Waals surface area contributed by atoms with Crippen LogP contribution >= 0.6 is 11.8 Å². The average Bonchev–Trinajstić information content (AvgIpc) is 2.26. The van der Waals surface area contributed by atoms with Crippen molar-refractivity contribution < 1.29 is 0 Å². The lowest BCUT2D eigenvalue weighted by molar-refractivity contribution is 0.698. The fraction of sp³-hybridized carbons (Fsp3) is 0.500. The molecule has 14 heavy (non-hydrogen) atoms. The fourth-order valence-corrected chi connectivity index (χ4v) is 2.04. The summed E-state index contributed by atoms with van der Waals surface area (Å²) in [6.07, 6.45) is 2.22. The maximum absolute atomic E-state index is 5.94. The summed E-state index contributed by atoms with van der Waals surface area (Å²) in [6, 6.07) is 8.83. The Morgan fingerprint density at radius 1 is 1.21 bits per heavy atom. The summed E-state index contributed by atoms with van der Waals surface area (Å²) in [5.41, 5.74) is 7.18. The van der Waals surface area contributed by atoms with Gasteiger partial charge in [0.15, 0.2) is 0 Å². The lowest BCUT2D eigenvalue weighted by Gasteiger charge is -2.09. The highest BCUT2D eigenvalue weighted by atomic mass is 32.2. The topological polar surface area (TPSA) is 26.0 Å². The van der Waals surface area contributed by atoms with Crippen LogP contribution < -0.4 is 5.73 Å². The highest BCUT2D eigenvalue weighted by Crippen LogP contribution is 2.21. The van der Waals surface area contributed by atoms with Gasteiger partial charge in [0, 0.05) is 10.9 Å². The summed E-state index contributed by atoms with van der Waals surface area (Å²) in [6.45, 7) is 4.32. The van der Waals surface area contributed by atoms with E-state index < -0.39 is 0 Å². The second kappa shape index (κ2) is 6.10. The Hall–Kier alpha value is -0.470. The maximum Gasteiger partial charge on any atom is 0.0292 e. The molecule has 78 valence electrons. The summed E-state index contributed by atoms with van der Waals surface area (Å²) in [4.78, 5) is 1.35. The van der Waals surface area contributed by atoms with Crippen molar-refractivity contribution in [3.8, 4) is 0 Å². The third kappa shape index (κ3) is 3.35. The predicted octanol–water partition coefficient (Wildman–Crippen LogP) is 3.60. The molecule has 1 atom stereocenters. The molecule has 0 amide bonds. The zero-order valence-corrected chi connectivity index (χ0v) is 9.81. The zero-order valence-electron chi connectivity index (χ0n) is 8.99. The Labute approximate surface area is 91.1 Å². The van der Waals surface area contributed by atoms with Crippen molar-refractivity contribution in [3.63, 3.8) is 0 Å². The molecule has 0 aliphatic carbocycles. The zero-order chi connectivity index (χ0) is 10.4. The molecule has 0 aromatic heterocycles. The van der Waals surface area contributed by atoms with Crippen LogP contribution in [0, 0.1) is 0 Å². The Balaban J connectivity index is 2.59. The van der Waals surface area contributed by atoms with Crippen LogP contribution in [0.2, 0.25) is 0 Å². The van der Waals surface area contributed by atoms with Crippen LogP contribution in [-0.2, 0) is 0 Å². The molecule has 0 bridgehead atoms. The lowest BCUT2D eigenvalue weighted by atomic mass is 10.1. The van der Waals surface area contributed by atoms with E-state index in [-0.39, 0.29) is 6.04 Å². The molecule has 0 aliphatic heterocycles. The van der Waals surface area contributed by atoms with Crippen molar-refractivity contribution in [2.24, 2.45) is 5.73 Å². The number of rotatable bonds is 5. The van der Waals surface area contributed by atoms with Gasteiger partial charge >= 0.3 is 0 Å². The summed E-state index contributed by atoms with van der Waals surface area (Å²) in [7, 11) is 0. The molecule has 1 aromatic rings. The summed E-state index contributed by atoms with van der Waals surface area (Å²) >= 11 is 1.91. The van der Waals surface area contributed by atoms with Gasteiger partial charge in [0.05, 0.1) is 0 Å². The predicted molar refractivity (Wildman–Crippen MR) is 64.7 cm³/mol. The molecular formula is C12H19NS. The van der Waals surface area contributed by atoms with Gasteiger partial charge in [-0.3, -0.25) is 0 Å². The second-order valence-electron chi connectivity index (χ2n) is 3.43. The summed E-state index contributed by atoms with van der Waals surface area (Å²) in [5, 5.41) is 0. The molecule has 0 radical (unpaired) electrons. The van der Waals surface area contributed by atoms with Gasteiger partial charge in [-0.1, -0.05) is 26.0 Å². The van der Waals surface area contributed by atoms with Crippen LogP contribution in [-0.4, -0.2) is 5.75 Å². The van der Waals surface area contributed by atoms with Crippen LogP contribution in [0.15, 0.2) is 29.2 Å². The van der Waals surface area contributed by atoms with E-state index in [0.717, 1.165) is 6.42 Å². The largest absolute Gasteiger partial charge is 0.324 e. The molecule has 0 saturated heterocycles. The van der Waals surface area contributed by atoms with E-state index in [1.54, 1.807) is 0 Å². The molecule has 1 nitrogen and oxygen atoms in total. The van der Waals surface area contributed by atoms with Gasteiger partial charge < -0.3 is 5.73 Å². The first-order valence-electron chi connectivity index (χ1n) is 5.26. The number of hydrogen-bond donors (Lipinski definition) is 1. The Morgan fingerprint density at radius 2 is 1.86 bits per heavy atom. The number of nitrogens with two attached hydrogens (primary N) is 1. The fourth-order valence-electron chi connectivity index (χ4n) is 1.27. The first-order chi connectivity index (χ1) is 6.77. The summed E-state index contributed by atoms with van der Waals surface area (Å²) in [5.74, 6) is 1.19. The maximum atomic E-state index is 5.94. The molecule has 1 rings (SSSR count). The van der Waals surface area contributed by atoms with Gasteiger partial charge in [-0.15, -0.1) is 11.8 Å². The molecule has 0 unspecified atom stereocenters. The SMILES string of the molecule is CCCSc1ccc([C@@H](N)CC)cc1. The number of benzene rings is 1. The first kappa shape index (κ1) is 11.6. The van der Waals surface area contributed by atoms with Gasteiger partial charge in [0.25, 0.3) is 0 Å². The first-order valence-corrected chi connectivity index (χ1v) is 6.24. The van der Waals surface area contributed by atoms with Crippen LogP contribution in [0.25, 0.3) is 0 Å². The minimum atomic E-state index is 0.195. The molecular weight excluding hydrogens is 190 g/mol. The van der Waals surface area contributed by atoms with Crippen molar-refractivity contribution in [1.82, 2.24) is 0 Å². The van der Waals surface area contributed by atoms with Gasteiger partial charge in [-0.25, -0.2) is 0 Å². The van der Waals surface area contributed by atoms with Crippen molar-refractivity contribution in [1.29, 1.82) is 0 Å². The lowest BCUT2D eigenvalue weighted by Crippen LogP contribution is -2.07. The highest BCUT2D eigenvalue weighted by Gasteiger charge is 2.02. The minimum absolute atomic E-state index is 0.195. The van der Waals surface area contributed by atoms with E-state index in [4.69, 9.17) is 5.73 Å². The van der Waals surface area contributed by atoms with E-state index in [9.17, 15) is 0 Å². The van der Waals surface area contributed by atoms with Crippen molar-refractivity contribution >= 4 is 11.8 Å². The molecule has 0 saturated carbocycles. The highest BCUT2D eigenvalue weighted by molar-refractivity contribution is 7.99. The molecule has 0 heterocycles. The molecule has 2 heteroatoms. The van der Waals surface area contributed by atoms with Crippen molar-refractivity contribution in [2.45, 2.75) is 37.6 Å². The second-order valence-corrected chi connectivity index (χ2v) is 4.60. The number of thioether (sulfide) groups is 1. The third-order valence-corrected chi connectivity index (χ3v) is 3.44.